The van der Waals surface area contributed by atoms with E-state index in [1.54, 1.807) is 25.1 Å². The topological polar surface area (TPSA) is 103 Å². The Morgan fingerprint density at radius 2 is 2.00 bits per heavy atom. The van der Waals surface area contributed by atoms with Crippen molar-refractivity contribution in [1.82, 2.24) is 15.3 Å². The minimum absolute atomic E-state index is 0.275. The van der Waals surface area contributed by atoms with E-state index in [1.165, 1.54) is 30.6 Å². The molecule has 9 heteroatoms. The van der Waals surface area contributed by atoms with E-state index >= 15 is 0 Å². The standard InChI is InChI=1S/C20H18ClFN6O/c1-2-24-20(29)28-19-16(6-8-26-18(19)11-23)27-13-5-7-25-17(10-13)14-9-12(21)3-4-15(14)22/h3-11,23H,2H2,1H3,(H2,24,28,29)(H,25,26,27). The molecule has 3 rings (SSSR count). The summed E-state index contributed by atoms with van der Waals surface area (Å²) in [6.07, 6.45) is 4.10. The summed E-state index contributed by atoms with van der Waals surface area (Å²) in [7, 11) is 0. The van der Waals surface area contributed by atoms with Crippen LogP contribution in [0.25, 0.3) is 11.3 Å². The molecular formula is C20H18ClFN6O. The van der Waals surface area contributed by atoms with Crippen LogP contribution in [-0.2, 0) is 0 Å². The second-order valence-corrected chi connectivity index (χ2v) is 6.36. The molecule has 2 amide bonds. The molecular weight excluding hydrogens is 395 g/mol. The average Bonchev–Trinajstić information content (AvgIpc) is 2.71. The van der Waals surface area contributed by atoms with Gasteiger partial charge in [0.25, 0.3) is 0 Å². The molecule has 4 N–H and O–H groups in total. The van der Waals surface area contributed by atoms with Crippen LogP contribution in [0.2, 0.25) is 5.02 Å². The third-order valence-corrected chi connectivity index (χ3v) is 4.17. The molecule has 0 bridgehead atoms. The van der Waals surface area contributed by atoms with Crippen molar-refractivity contribution in [2.45, 2.75) is 6.92 Å². The molecule has 7 nitrogen and oxygen atoms in total. The number of amides is 2. The highest BCUT2D eigenvalue weighted by Gasteiger charge is 2.13. The van der Waals surface area contributed by atoms with Gasteiger partial charge in [-0.3, -0.25) is 9.97 Å². The van der Waals surface area contributed by atoms with Crippen molar-refractivity contribution in [2.75, 3.05) is 17.2 Å². The van der Waals surface area contributed by atoms with Gasteiger partial charge in [0.05, 0.1) is 17.1 Å². The molecule has 3 aromatic rings. The summed E-state index contributed by atoms with van der Waals surface area (Å²) in [5.74, 6) is -0.437. The van der Waals surface area contributed by atoms with E-state index in [0.717, 1.165) is 6.21 Å². The number of carbonyl (C=O) groups is 1. The highest BCUT2D eigenvalue weighted by atomic mass is 35.5. The fourth-order valence-corrected chi connectivity index (χ4v) is 2.82. The number of nitrogens with one attached hydrogen (secondary N) is 4. The molecule has 2 aromatic heterocycles. The smallest absolute Gasteiger partial charge is 0.319 e. The van der Waals surface area contributed by atoms with Crippen molar-refractivity contribution >= 4 is 40.9 Å². The van der Waals surface area contributed by atoms with Gasteiger partial charge in [-0.1, -0.05) is 11.6 Å². The molecule has 1 aromatic carbocycles. The predicted molar refractivity (Wildman–Crippen MR) is 113 cm³/mol. The number of rotatable bonds is 6. The number of nitrogens with zero attached hydrogens (tertiary/aromatic N) is 2. The van der Waals surface area contributed by atoms with Crippen LogP contribution in [-0.4, -0.2) is 28.8 Å². The molecule has 0 saturated heterocycles. The molecule has 0 aliphatic carbocycles. The van der Waals surface area contributed by atoms with Crippen molar-refractivity contribution in [3.05, 3.63) is 65.3 Å². The highest BCUT2D eigenvalue weighted by molar-refractivity contribution is 6.30. The van der Waals surface area contributed by atoms with Crippen LogP contribution >= 0.6 is 11.6 Å². The Bertz CT molecular complexity index is 1060. The number of anilines is 3. The second kappa shape index (κ2) is 9.11. The normalized spacial score (nSPS) is 10.3. The van der Waals surface area contributed by atoms with Crippen LogP contribution in [0.1, 0.15) is 12.6 Å². The summed E-state index contributed by atoms with van der Waals surface area (Å²) >= 11 is 5.98. The van der Waals surface area contributed by atoms with Crippen LogP contribution in [0.3, 0.4) is 0 Å². The van der Waals surface area contributed by atoms with Gasteiger partial charge in [0.2, 0.25) is 0 Å². The predicted octanol–water partition coefficient (Wildman–Crippen LogP) is 4.82. The van der Waals surface area contributed by atoms with Gasteiger partial charge in [0.15, 0.2) is 0 Å². The summed E-state index contributed by atoms with van der Waals surface area (Å²) in [4.78, 5) is 20.3. The van der Waals surface area contributed by atoms with Gasteiger partial charge in [-0.15, -0.1) is 0 Å². The Kier molecular flexibility index (Phi) is 6.36. The number of hydrogen-bond acceptors (Lipinski definition) is 5. The fourth-order valence-electron chi connectivity index (χ4n) is 2.65. The maximum Gasteiger partial charge on any atom is 0.319 e. The lowest BCUT2D eigenvalue weighted by atomic mass is 10.1. The van der Waals surface area contributed by atoms with E-state index in [2.05, 4.69) is 25.9 Å². The first-order valence-corrected chi connectivity index (χ1v) is 9.12. The van der Waals surface area contributed by atoms with Gasteiger partial charge in [0.1, 0.15) is 11.5 Å². The van der Waals surface area contributed by atoms with E-state index in [-0.39, 0.29) is 11.3 Å². The van der Waals surface area contributed by atoms with Gasteiger partial charge in [-0.05, 0) is 43.3 Å². The summed E-state index contributed by atoms with van der Waals surface area (Å²) in [5, 5.41) is 16.4. The quantitative estimate of drug-likeness (QED) is 0.436. The number of aromatic nitrogens is 2. The van der Waals surface area contributed by atoms with Gasteiger partial charge < -0.3 is 21.4 Å². The molecule has 0 aliphatic heterocycles. The van der Waals surface area contributed by atoms with E-state index in [9.17, 15) is 9.18 Å². The zero-order valence-electron chi connectivity index (χ0n) is 15.5. The molecule has 0 atom stereocenters. The third kappa shape index (κ3) is 4.85. The molecule has 0 radical (unpaired) electrons. The maximum absolute atomic E-state index is 14.2. The first-order chi connectivity index (χ1) is 14.0. The lowest BCUT2D eigenvalue weighted by Gasteiger charge is -2.15. The van der Waals surface area contributed by atoms with Crippen LogP contribution in [0.15, 0.2) is 48.8 Å². The van der Waals surface area contributed by atoms with E-state index in [0.29, 0.717) is 34.3 Å². The van der Waals surface area contributed by atoms with Gasteiger partial charge >= 0.3 is 6.03 Å². The van der Waals surface area contributed by atoms with Gasteiger partial charge in [-0.25, -0.2) is 9.18 Å². The van der Waals surface area contributed by atoms with Crippen molar-refractivity contribution in [2.24, 2.45) is 0 Å². The third-order valence-electron chi connectivity index (χ3n) is 3.94. The van der Waals surface area contributed by atoms with Gasteiger partial charge in [0, 0.05) is 41.4 Å². The molecule has 2 heterocycles. The number of hydrogen-bond donors (Lipinski definition) is 4. The summed E-state index contributed by atoms with van der Waals surface area (Å²) in [6.45, 7) is 2.25. The van der Waals surface area contributed by atoms with Crippen LogP contribution in [0, 0.1) is 11.2 Å². The zero-order chi connectivity index (χ0) is 20.8. The number of halogens is 2. The fraction of sp³-hybridized carbons (Fsp3) is 0.100. The number of carbonyl (C=O) groups excluding carboxylic acids is 1. The minimum Gasteiger partial charge on any atom is -0.354 e. The van der Waals surface area contributed by atoms with Crippen molar-refractivity contribution in [3.8, 4) is 11.3 Å². The maximum atomic E-state index is 14.2. The largest absolute Gasteiger partial charge is 0.354 e. The van der Waals surface area contributed by atoms with Crippen LogP contribution in [0.4, 0.5) is 26.2 Å². The van der Waals surface area contributed by atoms with Crippen molar-refractivity contribution in [3.63, 3.8) is 0 Å². The number of urea groups is 1. The Labute approximate surface area is 171 Å². The first kappa shape index (κ1) is 20.2. The molecule has 29 heavy (non-hydrogen) atoms. The molecule has 0 saturated carbocycles. The van der Waals surface area contributed by atoms with Gasteiger partial charge in [-0.2, -0.15) is 0 Å². The molecule has 0 aliphatic rings. The Morgan fingerprint density at radius 3 is 2.76 bits per heavy atom. The minimum atomic E-state index is -0.437. The monoisotopic (exact) mass is 412 g/mol. The van der Waals surface area contributed by atoms with Crippen LogP contribution < -0.4 is 16.0 Å². The number of pyridine rings is 2. The van der Waals surface area contributed by atoms with E-state index in [4.69, 9.17) is 17.0 Å². The average molecular weight is 413 g/mol. The summed E-state index contributed by atoms with van der Waals surface area (Å²) in [5.41, 5.74) is 2.44. The lowest BCUT2D eigenvalue weighted by Crippen LogP contribution is -2.29. The Balaban J connectivity index is 1.95. The first-order valence-electron chi connectivity index (χ1n) is 8.74. The highest BCUT2D eigenvalue weighted by Crippen LogP contribution is 2.30. The molecule has 0 fully saturated rings. The zero-order valence-corrected chi connectivity index (χ0v) is 16.2. The Hall–Kier alpha value is -3.52. The van der Waals surface area contributed by atoms with Crippen molar-refractivity contribution < 1.29 is 9.18 Å². The number of benzene rings is 1. The Morgan fingerprint density at radius 1 is 1.21 bits per heavy atom. The van der Waals surface area contributed by atoms with E-state index < -0.39 is 11.8 Å². The van der Waals surface area contributed by atoms with Crippen molar-refractivity contribution in [1.29, 1.82) is 5.41 Å². The molecule has 0 unspecified atom stereocenters. The molecule has 0 spiro atoms. The lowest BCUT2D eigenvalue weighted by molar-refractivity contribution is 0.252. The van der Waals surface area contributed by atoms with Crippen LogP contribution in [0.5, 0.6) is 0 Å². The second-order valence-electron chi connectivity index (χ2n) is 5.93. The SMILES string of the molecule is CCNC(=O)Nc1c(Nc2ccnc(-c3cc(Cl)ccc3F)c2)ccnc1C=N. The van der Waals surface area contributed by atoms with E-state index in [1.807, 2.05) is 0 Å². The summed E-state index contributed by atoms with van der Waals surface area (Å²) < 4.78 is 14.2. The molecule has 148 valence electrons. The summed E-state index contributed by atoms with van der Waals surface area (Å²) in [6, 6.07) is 8.87.